The molecule has 1 aliphatic rings. The van der Waals surface area contributed by atoms with Gasteiger partial charge in [-0.15, -0.1) is 0 Å². The van der Waals surface area contributed by atoms with Crippen molar-refractivity contribution in [2.45, 2.75) is 26.7 Å². The zero-order valence-electron chi connectivity index (χ0n) is 16.7. The van der Waals surface area contributed by atoms with Crippen molar-refractivity contribution in [1.82, 2.24) is 15.0 Å². The fourth-order valence-electron chi connectivity index (χ4n) is 3.35. The zero-order chi connectivity index (χ0) is 20.2. The number of piperidine rings is 1. The third-order valence-corrected chi connectivity index (χ3v) is 5.88. The fourth-order valence-corrected chi connectivity index (χ4v) is 4.08. The summed E-state index contributed by atoms with van der Waals surface area (Å²) in [5.41, 5.74) is 0.944. The van der Waals surface area contributed by atoms with Crippen LogP contribution in [-0.2, 0) is 0 Å². The molecule has 7 heteroatoms. The van der Waals surface area contributed by atoms with Gasteiger partial charge in [0.25, 0.3) is 0 Å². The van der Waals surface area contributed by atoms with E-state index in [0.717, 1.165) is 52.0 Å². The molecule has 6 nitrogen and oxygen atoms in total. The average Bonchev–Trinajstić information content (AvgIpc) is 3.14. The van der Waals surface area contributed by atoms with Gasteiger partial charge >= 0.3 is 0 Å². The van der Waals surface area contributed by atoms with Gasteiger partial charge in [0.1, 0.15) is 23.2 Å². The second kappa shape index (κ2) is 8.61. The summed E-state index contributed by atoms with van der Waals surface area (Å²) in [6.45, 7) is 6.31. The Morgan fingerprint density at radius 2 is 2.00 bits per heavy atom. The van der Waals surface area contributed by atoms with Crippen molar-refractivity contribution in [3.8, 4) is 5.75 Å². The molecule has 1 saturated heterocycles. The molecule has 0 radical (unpaired) electrons. The zero-order valence-corrected chi connectivity index (χ0v) is 17.5. The molecule has 2 N–H and O–H groups in total. The van der Waals surface area contributed by atoms with Crippen molar-refractivity contribution in [3.05, 3.63) is 52.8 Å². The first-order chi connectivity index (χ1) is 14.0. The molecule has 0 spiro atoms. The highest BCUT2D eigenvalue weighted by atomic mass is 32.1. The summed E-state index contributed by atoms with van der Waals surface area (Å²) in [4.78, 5) is 17.0. The number of hydrogen-bond acceptors (Lipinski definition) is 7. The number of aromatic hydroxyl groups is 1. The molecule has 1 aromatic carbocycles. The van der Waals surface area contributed by atoms with Crippen LogP contribution in [0, 0.1) is 12.8 Å². The summed E-state index contributed by atoms with van der Waals surface area (Å²) in [5, 5.41) is 13.7. The van der Waals surface area contributed by atoms with Gasteiger partial charge in [-0.2, -0.15) is 0 Å². The number of phenols is 1. The molecule has 0 aliphatic carbocycles. The minimum atomic E-state index is 0.261. The third-order valence-electron chi connectivity index (χ3n) is 5.00. The molecule has 1 fully saturated rings. The lowest BCUT2D eigenvalue weighted by molar-refractivity contribution is 0.436. The number of anilines is 3. The summed E-state index contributed by atoms with van der Waals surface area (Å²) in [7, 11) is 0. The monoisotopic (exact) mass is 407 g/mol. The van der Waals surface area contributed by atoms with Gasteiger partial charge in [0, 0.05) is 30.2 Å². The van der Waals surface area contributed by atoms with Crippen LogP contribution < -0.4 is 10.2 Å². The number of nitrogens with one attached hydrogen (secondary N) is 1. The van der Waals surface area contributed by atoms with Crippen LogP contribution in [0.15, 0.2) is 36.5 Å². The van der Waals surface area contributed by atoms with Crippen molar-refractivity contribution in [3.63, 3.8) is 0 Å². The molecule has 29 heavy (non-hydrogen) atoms. The summed E-state index contributed by atoms with van der Waals surface area (Å²) in [5.74, 6) is 3.55. The quantitative estimate of drug-likeness (QED) is 0.613. The van der Waals surface area contributed by atoms with Crippen LogP contribution in [0.25, 0.3) is 12.2 Å². The van der Waals surface area contributed by atoms with Gasteiger partial charge in [0.15, 0.2) is 5.13 Å². The van der Waals surface area contributed by atoms with Crippen molar-refractivity contribution in [2.24, 2.45) is 5.92 Å². The number of thiazole rings is 1. The van der Waals surface area contributed by atoms with E-state index in [1.807, 2.05) is 43.5 Å². The maximum absolute atomic E-state index is 9.56. The molecule has 0 saturated carbocycles. The molecule has 2 aromatic heterocycles. The summed E-state index contributed by atoms with van der Waals surface area (Å²) < 4.78 is 0. The van der Waals surface area contributed by atoms with Crippen LogP contribution in [0.1, 0.15) is 36.0 Å². The first-order valence-corrected chi connectivity index (χ1v) is 10.7. The number of aromatic nitrogens is 3. The van der Waals surface area contributed by atoms with Crippen molar-refractivity contribution in [2.75, 3.05) is 23.3 Å². The lowest BCUT2D eigenvalue weighted by Crippen LogP contribution is -2.33. The molecule has 0 unspecified atom stereocenters. The van der Waals surface area contributed by atoms with Crippen LogP contribution >= 0.6 is 11.3 Å². The number of aryl methyl sites for hydroxylation is 1. The number of phenolic OH excluding ortho intramolecular Hbond substituents is 1. The van der Waals surface area contributed by atoms with Gasteiger partial charge in [-0.3, -0.25) is 0 Å². The Labute approximate surface area is 175 Å². The maximum atomic E-state index is 9.56. The number of benzene rings is 1. The highest BCUT2D eigenvalue weighted by Crippen LogP contribution is 2.27. The first kappa shape index (κ1) is 19.4. The summed E-state index contributed by atoms with van der Waals surface area (Å²) in [6.07, 6.45) is 8.18. The molecule has 4 rings (SSSR count). The SMILES string of the molecule is Cc1nc(Nc2ncc(/C=C\c3cccc(O)c3)s2)cc(N2CCC(C)CC2)n1. The van der Waals surface area contributed by atoms with Crippen molar-refractivity contribution in [1.29, 1.82) is 0 Å². The Hall–Kier alpha value is -2.93. The first-order valence-electron chi connectivity index (χ1n) is 9.86. The Balaban J connectivity index is 1.46. The minimum Gasteiger partial charge on any atom is -0.508 e. The van der Waals surface area contributed by atoms with Crippen LogP contribution in [0.2, 0.25) is 0 Å². The van der Waals surface area contributed by atoms with E-state index in [2.05, 4.69) is 32.1 Å². The van der Waals surface area contributed by atoms with Crippen LogP contribution in [0.4, 0.5) is 16.8 Å². The highest BCUT2D eigenvalue weighted by Gasteiger charge is 2.18. The summed E-state index contributed by atoms with van der Waals surface area (Å²) in [6, 6.07) is 9.17. The van der Waals surface area contributed by atoms with Crippen LogP contribution in [-0.4, -0.2) is 33.1 Å². The van der Waals surface area contributed by atoms with Crippen molar-refractivity contribution >= 4 is 40.3 Å². The molecule has 1 aliphatic heterocycles. The van der Waals surface area contributed by atoms with E-state index < -0.39 is 0 Å². The molecule has 3 aromatic rings. The predicted molar refractivity (Wildman–Crippen MR) is 120 cm³/mol. The number of rotatable bonds is 5. The Bertz CT molecular complexity index is 1010. The highest BCUT2D eigenvalue weighted by molar-refractivity contribution is 7.16. The van der Waals surface area contributed by atoms with E-state index in [1.165, 1.54) is 12.8 Å². The Morgan fingerprint density at radius 1 is 1.17 bits per heavy atom. The maximum Gasteiger partial charge on any atom is 0.188 e. The van der Waals surface area contributed by atoms with Crippen LogP contribution in [0.3, 0.4) is 0 Å². The van der Waals surface area contributed by atoms with Crippen LogP contribution in [0.5, 0.6) is 5.75 Å². The van der Waals surface area contributed by atoms with E-state index >= 15 is 0 Å². The second-order valence-corrected chi connectivity index (χ2v) is 8.51. The lowest BCUT2D eigenvalue weighted by Gasteiger charge is -2.31. The van der Waals surface area contributed by atoms with Gasteiger partial charge in [-0.25, -0.2) is 15.0 Å². The van der Waals surface area contributed by atoms with E-state index in [-0.39, 0.29) is 5.75 Å². The molecular formula is C22H25N5OS. The molecule has 0 amide bonds. The van der Waals surface area contributed by atoms with Gasteiger partial charge in [-0.05, 0) is 49.5 Å². The van der Waals surface area contributed by atoms with E-state index in [9.17, 15) is 5.11 Å². The Morgan fingerprint density at radius 3 is 2.79 bits per heavy atom. The number of hydrogen-bond donors (Lipinski definition) is 2. The minimum absolute atomic E-state index is 0.261. The molecule has 0 bridgehead atoms. The summed E-state index contributed by atoms with van der Waals surface area (Å²) >= 11 is 1.55. The molecule has 3 heterocycles. The molecule has 150 valence electrons. The van der Waals surface area contributed by atoms with E-state index in [4.69, 9.17) is 0 Å². The van der Waals surface area contributed by atoms with E-state index in [1.54, 1.807) is 23.5 Å². The normalized spacial score (nSPS) is 15.2. The Kier molecular flexibility index (Phi) is 5.76. The standard InChI is InChI=1S/C22H25N5OS/c1-15-8-10-27(11-9-15)21-13-20(24-16(2)25-21)26-22-23-14-19(29-22)7-6-17-4-3-5-18(28)12-17/h3-7,12-15,28H,8-11H2,1-2H3,(H,23,24,25,26)/b7-6-. The third kappa shape index (κ3) is 5.12. The average molecular weight is 408 g/mol. The van der Waals surface area contributed by atoms with Gasteiger partial charge in [-0.1, -0.05) is 36.5 Å². The lowest BCUT2D eigenvalue weighted by atomic mass is 9.99. The topological polar surface area (TPSA) is 74.2 Å². The fraction of sp³-hybridized carbons (Fsp3) is 0.318. The number of nitrogens with zero attached hydrogens (tertiary/aromatic N) is 4. The van der Waals surface area contributed by atoms with Gasteiger partial charge < -0.3 is 15.3 Å². The molecular weight excluding hydrogens is 382 g/mol. The molecule has 0 atom stereocenters. The van der Waals surface area contributed by atoms with E-state index in [0.29, 0.717) is 0 Å². The predicted octanol–water partition coefficient (Wildman–Crippen LogP) is 5.10. The largest absolute Gasteiger partial charge is 0.508 e. The second-order valence-electron chi connectivity index (χ2n) is 7.45. The van der Waals surface area contributed by atoms with Crippen molar-refractivity contribution < 1.29 is 5.11 Å². The van der Waals surface area contributed by atoms with Gasteiger partial charge in [0.05, 0.1) is 0 Å². The van der Waals surface area contributed by atoms with Gasteiger partial charge in [0.2, 0.25) is 0 Å². The smallest absolute Gasteiger partial charge is 0.188 e.